The summed E-state index contributed by atoms with van der Waals surface area (Å²) in [6.07, 6.45) is 0.596. The normalized spacial score (nSPS) is 10.1. The maximum atomic E-state index is 13.4. The van der Waals surface area contributed by atoms with Crippen LogP contribution >= 0.6 is 11.6 Å². The topological polar surface area (TPSA) is 43.4 Å². The number of carbonyl (C=O) groups excluding carboxylic acids is 2. The molecule has 0 N–H and O–H groups in total. The quantitative estimate of drug-likeness (QED) is 0.602. The van der Waals surface area contributed by atoms with E-state index >= 15 is 0 Å². The molecule has 0 aliphatic heterocycles. The van der Waals surface area contributed by atoms with E-state index in [1.165, 1.54) is 19.2 Å². The molecular weight excluding hydrogens is 247 g/mol. The van der Waals surface area contributed by atoms with E-state index in [9.17, 15) is 14.0 Å². The van der Waals surface area contributed by atoms with Crippen LogP contribution in [0.25, 0.3) is 0 Å². The molecule has 0 bridgehead atoms. The second kappa shape index (κ2) is 6.35. The van der Waals surface area contributed by atoms with Crippen LogP contribution in [0.2, 0.25) is 5.02 Å². The predicted molar refractivity (Wildman–Crippen MR) is 61.6 cm³/mol. The first kappa shape index (κ1) is 13.6. The lowest BCUT2D eigenvalue weighted by Crippen LogP contribution is -2.05. The molecule has 3 nitrogen and oxygen atoms in total. The van der Waals surface area contributed by atoms with E-state index in [1.54, 1.807) is 0 Å². The van der Waals surface area contributed by atoms with Gasteiger partial charge in [0.05, 0.1) is 12.7 Å². The zero-order valence-corrected chi connectivity index (χ0v) is 10.1. The van der Waals surface area contributed by atoms with Gasteiger partial charge in [0.15, 0.2) is 5.78 Å². The minimum absolute atomic E-state index is 0.000680. The Labute approximate surface area is 104 Å². The molecule has 0 aliphatic rings. The van der Waals surface area contributed by atoms with Gasteiger partial charge in [-0.3, -0.25) is 9.59 Å². The van der Waals surface area contributed by atoms with Crippen LogP contribution < -0.4 is 0 Å². The number of methoxy groups -OCH3 is 1. The molecule has 0 atom stereocenters. The summed E-state index contributed by atoms with van der Waals surface area (Å²) in [6.45, 7) is 0. The lowest BCUT2D eigenvalue weighted by molar-refractivity contribution is -0.140. The molecule has 0 aromatic heterocycles. The van der Waals surface area contributed by atoms with E-state index in [0.717, 1.165) is 6.07 Å². The van der Waals surface area contributed by atoms with Crippen molar-refractivity contribution >= 4 is 23.4 Å². The number of benzene rings is 1. The molecule has 92 valence electrons. The van der Waals surface area contributed by atoms with E-state index in [-0.39, 0.29) is 35.2 Å². The van der Waals surface area contributed by atoms with Crippen molar-refractivity contribution in [3.05, 3.63) is 34.6 Å². The molecule has 0 saturated carbocycles. The summed E-state index contributed by atoms with van der Waals surface area (Å²) in [5.41, 5.74) is -0.000680. The van der Waals surface area contributed by atoms with Crippen LogP contribution in [-0.4, -0.2) is 18.9 Å². The van der Waals surface area contributed by atoms with Gasteiger partial charge in [0.2, 0.25) is 0 Å². The Morgan fingerprint density at radius 1 is 1.35 bits per heavy atom. The van der Waals surface area contributed by atoms with E-state index < -0.39 is 5.82 Å². The molecule has 1 aromatic carbocycles. The first-order chi connectivity index (χ1) is 8.04. The summed E-state index contributed by atoms with van der Waals surface area (Å²) in [6, 6.07) is 3.89. The van der Waals surface area contributed by atoms with Crippen molar-refractivity contribution in [2.45, 2.75) is 19.3 Å². The third kappa shape index (κ3) is 4.15. The molecule has 0 aliphatic carbocycles. The predicted octanol–water partition coefficient (Wildman–Crippen LogP) is 3.01. The average Bonchev–Trinajstić information content (AvgIpc) is 2.28. The van der Waals surface area contributed by atoms with Crippen molar-refractivity contribution in [2.75, 3.05) is 7.11 Å². The van der Waals surface area contributed by atoms with Gasteiger partial charge in [0.1, 0.15) is 5.82 Å². The van der Waals surface area contributed by atoms with Crippen molar-refractivity contribution in [2.24, 2.45) is 0 Å². The Bertz CT molecular complexity index is 432. The lowest BCUT2D eigenvalue weighted by Gasteiger charge is -2.02. The van der Waals surface area contributed by atoms with E-state index in [1.807, 2.05) is 0 Å². The minimum atomic E-state index is -0.638. The zero-order chi connectivity index (χ0) is 12.8. The fourth-order valence-electron chi connectivity index (χ4n) is 1.35. The molecule has 17 heavy (non-hydrogen) atoms. The molecule has 1 rings (SSSR count). The number of ether oxygens (including phenoxy) is 1. The van der Waals surface area contributed by atoms with E-state index in [0.29, 0.717) is 6.42 Å². The van der Waals surface area contributed by atoms with Crippen molar-refractivity contribution in [1.82, 2.24) is 0 Å². The molecule has 0 radical (unpaired) electrons. The first-order valence-electron chi connectivity index (χ1n) is 5.09. The van der Waals surface area contributed by atoms with Gasteiger partial charge in [-0.05, 0) is 24.6 Å². The highest BCUT2D eigenvalue weighted by Crippen LogP contribution is 2.17. The molecule has 1 aromatic rings. The van der Waals surface area contributed by atoms with Crippen LogP contribution in [0.5, 0.6) is 0 Å². The third-order valence-electron chi connectivity index (χ3n) is 2.24. The second-order valence-electron chi connectivity index (χ2n) is 3.48. The van der Waals surface area contributed by atoms with Gasteiger partial charge in [-0.2, -0.15) is 0 Å². The number of halogens is 2. The number of rotatable bonds is 5. The van der Waals surface area contributed by atoms with Crippen molar-refractivity contribution < 1.29 is 18.7 Å². The van der Waals surface area contributed by atoms with Crippen molar-refractivity contribution in [1.29, 1.82) is 0 Å². The summed E-state index contributed by atoms with van der Waals surface area (Å²) in [7, 11) is 1.28. The molecule has 0 amide bonds. The fraction of sp³-hybridized carbons (Fsp3) is 0.333. The van der Waals surface area contributed by atoms with Gasteiger partial charge in [-0.15, -0.1) is 0 Å². The van der Waals surface area contributed by atoms with Crippen LogP contribution in [0.3, 0.4) is 0 Å². The van der Waals surface area contributed by atoms with Crippen molar-refractivity contribution in [3.63, 3.8) is 0 Å². The van der Waals surface area contributed by atoms with Gasteiger partial charge in [-0.25, -0.2) is 4.39 Å². The molecule has 5 heteroatoms. The van der Waals surface area contributed by atoms with Crippen LogP contribution in [0.4, 0.5) is 4.39 Å². The number of hydrogen-bond donors (Lipinski definition) is 0. The first-order valence-corrected chi connectivity index (χ1v) is 5.47. The van der Waals surface area contributed by atoms with Gasteiger partial charge in [-0.1, -0.05) is 11.6 Å². The van der Waals surface area contributed by atoms with Gasteiger partial charge in [0.25, 0.3) is 0 Å². The van der Waals surface area contributed by atoms with Gasteiger partial charge in [0, 0.05) is 17.9 Å². The van der Waals surface area contributed by atoms with E-state index in [2.05, 4.69) is 4.74 Å². The number of ketones is 1. The largest absolute Gasteiger partial charge is 0.469 e. The number of esters is 1. The Morgan fingerprint density at radius 2 is 2.06 bits per heavy atom. The van der Waals surface area contributed by atoms with Crippen LogP contribution in [0, 0.1) is 5.82 Å². The standard InChI is InChI=1S/C12H12ClFO3/c1-17-12(16)4-2-3-11(15)9-6-5-8(13)7-10(9)14/h5-7H,2-4H2,1H3. The Kier molecular flexibility index (Phi) is 5.10. The zero-order valence-electron chi connectivity index (χ0n) is 9.33. The fourth-order valence-corrected chi connectivity index (χ4v) is 1.50. The third-order valence-corrected chi connectivity index (χ3v) is 2.48. The van der Waals surface area contributed by atoms with E-state index in [4.69, 9.17) is 11.6 Å². The van der Waals surface area contributed by atoms with Gasteiger partial charge < -0.3 is 4.74 Å². The smallest absolute Gasteiger partial charge is 0.305 e. The lowest BCUT2D eigenvalue weighted by atomic mass is 10.1. The summed E-state index contributed by atoms with van der Waals surface area (Å²) >= 11 is 5.57. The Hall–Kier alpha value is -1.42. The average molecular weight is 259 g/mol. The summed E-state index contributed by atoms with van der Waals surface area (Å²) in [5.74, 6) is -1.36. The minimum Gasteiger partial charge on any atom is -0.469 e. The Balaban J connectivity index is 2.55. The number of carbonyl (C=O) groups is 2. The van der Waals surface area contributed by atoms with Crippen LogP contribution in [0.15, 0.2) is 18.2 Å². The van der Waals surface area contributed by atoms with Gasteiger partial charge >= 0.3 is 5.97 Å². The molecule has 0 unspecified atom stereocenters. The Morgan fingerprint density at radius 3 is 2.65 bits per heavy atom. The van der Waals surface area contributed by atoms with Crippen LogP contribution in [0.1, 0.15) is 29.6 Å². The number of hydrogen-bond acceptors (Lipinski definition) is 3. The maximum Gasteiger partial charge on any atom is 0.305 e. The van der Waals surface area contributed by atoms with Crippen molar-refractivity contribution in [3.8, 4) is 0 Å². The highest BCUT2D eigenvalue weighted by Gasteiger charge is 2.12. The monoisotopic (exact) mass is 258 g/mol. The molecular formula is C12H12ClFO3. The molecule has 0 saturated heterocycles. The SMILES string of the molecule is COC(=O)CCCC(=O)c1ccc(Cl)cc1F. The molecule has 0 spiro atoms. The summed E-state index contributed by atoms with van der Waals surface area (Å²) < 4.78 is 17.8. The summed E-state index contributed by atoms with van der Waals surface area (Å²) in [5, 5.41) is 0.244. The molecule has 0 fully saturated rings. The maximum absolute atomic E-state index is 13.4. The highest BCUT2D eigenvalue weighted by molar-refractivity contribution is 6.30. The highest BCUT2D eigenvalue weighted by atomic mass is 35.5. The second-order valence-corrected chi connectivity index (χ2v) is 3.91. The number of Topliss-reactive ketones (excluding diaryl/α,β-unsaturated/α-hetero) is 1. The summed E-state index contributed by atoms with van der Waals surface area (Å²) in [4.78, 5) is 22.4. The molecule has 0 heterocycles. The van der Waals surface area contributed by atoms with Crippen LogP contribution in [-0.2, 0) is 9.53 Å².